The first-order valence-corrected chi connectivity index (χ1v) is 10.8. The van der Waals surface area contributed by atoms with Gasteiger partial charge >= 0.3 is 5.97 Å². The number of aryl methyl sites for hydroxylation is 2. The second-order valence-electron chi connectivity index (χ2n) is 8.44. The number of carboxylic acid groups (broad SMARTS) is 1. The summed E-state index contributed by atoms with van der Waals surface area (Å²) in [6, 6.07) is 24.9. The Morgan fingerprint density at radius 3 is 1.75 bits per heavy atom. The average Bonchev–Trinajstić information content (AvgIpc) is 2.81. The number of hydrogen-bond donors (Lipinski definition) is 2. The third-order valence-electron chi connectivity index (χ3n) is 6.42. The largest absolute Gasteiger partial charge is 0.481 e. The molecule has 4 nitrogen and oxygen atoms in total. The van der Waals surface area contributed by atoms with E-state index in [1.54, 1.807) is 0 Å². The summed E-state index contributed by atoms with van der Waals surface area (Å²) in [5.74, 6) is -3.61. The molecule has 0 bridgehead atoms. The van der Waals surface area contributed by atoms with E-state index < -0.39 is 17.8 Å². The summed E-state index contributed by atoms with van der Waals surface area (Å²) in [4.78, 5) is 26.2. The molecule has 3 aromatic rings. The lowest BCUT2D eigenvalue weighted by Gasteiger charge is -2.37. The van der Waals surface area contributed by atoms with Crippen LogP contribution in [0, 0.1) is 25.7 Å². The van der Waals surface area contributed by atoms with Gasteiger partial charge in [-0.2, -0.15) is 0 Å². The third-order valence-corrected chi connectivity index (χ3v) is 6.42. The number of allylic oxidation sites excluding steroid dienone is 2. The lowest BCUT2D eigenvalue weighted by Crippen LogP contribution is -2.42. The van der Waals surface area contributed by atoms with Crippen molar-refractivity contribution in [1.82, 2.24) is 0 Å². The second-order valence-corrected chi connectivity index (χ2v) is 8.44. The number of aliphatic carboxylic acids is 1. The maximum atomic E-state index is 13.6. The summed E-state index contributed by atoms with van der Waals surface area (Å²) >= 11 is 0. The van der Waals surface area contributed by atoms with Crippen LogP contribution in [0.3, 0.4) is 0 Å². The van der Waals surface area contributed by atoms with Crippen molar-refractivity contribution in [2.24, 2.45) is 11.8 Å². The first kappa shape index (κ1) is 21.6. The zero-order valence-corrected chi connectivity index (χ0v) is 18.2. The highest BCUT2D eigenvalue weighted by atomic mass is 16.4. The molecule has 0 aliphatic heterocycles. The molecular weight excluding hydrogens is 398 g/mol. The minimum Gasteiger partial charge on any atom is -0.481 e. The van der Waals surface area contributed by atoms with Crippen LogP contribution in [-0.2, 0) is 9.59 Å². The van der Waals surface area contributed by atoms with E-state index in [2.05, 4.69) is 5.32 Å². The molecule has 0 fully saturated rings. The Bertz CT molecular complexity index is 1140. The predicted molar refractivity (Wildman–Crippen MR) is 127 cm³/mol. The van der Waals surface area contributed by atoms with Crippen LogP contribution in [0.4, 0.5) is 5.69 Å². The molecule has 0 heterocycles. The number of benzene rings is 3. The number of carboxylic acids is 1. The van der Waals surface area contributed by atoms with Crippen LogP contribution in [0.25, 0.3) is 0 Å². The maximum Gasteiger partial charge on any atom is 0.308 e. The molecule has 162 valence electrons. The molecule has 0 radical (unpaired) electrons. The van der Waals surface area contributed by atoms with Crippen molar-refractivity contribution < 1.29 is 14.7 Å². The fraction of sp³-hybridized carbons (Fsp3) is 0.214. The van der Waals surface area contributed by atoms with E-state index in [1.807, 2.05) is 105 Å². The highest BCUT2D eigenvalue weighted by Crippen LogP contribution is 2.45. The van der Waals surface area contributed by atoms with Gasteiger partial charge in [0, 0.05) is 17.5 Å². The van der Waals surface area contributed by atoms with Gasteiger partial charge in [0.15, 0.2) is 0 Å². The SMILES string of the molecule is Cc1ccc(NC(=O)C2C(c3ccccc3)C=CC(c3ccccc3)C2C(=O)O)cc1C. The third kappa shape index (κ3) is 4.35. The van der Waals surface area contributed by atoms with Crippen molar-refractivity contribution >= 4 is 17.6 Å². The minimum atomic E-state index is -0.968. The standard InChI is InChI=1S/C28H27NO3/c1-18-13-14-22(17-19(18)2)29-27(30)25-23(20-9-5-3-6-10-20)15-16-24(26(25)28(31)32)21-11-7-4-8-12-21/h3-17,23-26H,1-2H3,(H,29,30)(H,31,32). The fourth-order valence-electron chi connectivity index (χ4n) is 4.59. The molecule has 1 aliphatic carbocycles. The van der Waals surface area contributed by atoms with Gasteiger partial charge in [-0.05, 0) is 48.2 Å². The van der Waals surface area contributed by atoms with Crippen molar-refractivity contribution in [2.75, 3.05) is 5.32 Å². The highest BCUT2D eigenvalue weighted by Gasteiger charge is 2.46. The molecular formula is C28H27NO3. The molecule has 2 N–H and O–H groups in total. The molecule has 0 saturated heterocycles. The van der Waals surface area contributed by atoms with Gasteiger partial charge < -0.3 is 10.4 Å². The molecule has 0 saturated carbocycles. The van der Waals surface area contributed by atoms with Gasteiger partial charge in [-0.3, -0.25) is 9.59 Å². The average molecular weight is 426 g/mol. The van der Waals surface area contributed by atoms with E-state index >= 15 is 0 Å². The Hall–Kier alpha value is -3.66. The van der Waals surface area contributed by atoms with Gasteiger partial charge in [0.1, 0.15) is 0 Å². The molecule has 1 amide bonds. The first-order valence-electron chi connectivity index (χ1n) is 10.8. The van der Waals surface area contributed by atoms with Crippen LogP contribution < -0.4 is 5.32 Å². The van der Waals surface area contributed by atoms with Crippen LogP contribution in [0.2, 0.25) is 0 Å². The number of carbonyl (C=O) groups is 2. The van der Waals surface area contributed by atoms with Crippen LogP contribution in [0.1, 0.15) is 34.1 Å². The van der Waals surface area contributed by atoms with Crippen LogP contribution >= 0.6 is 0 Å². The first-order chi connectivity index (χ1) is 15.5. The molecule has 1 aliphatic rings. The Morgan fingerprint density at radius 2 is 1.25 bits per heavy atom. The van der Waals surface area contributed by atoms with E-state index in [4.69, 9.17) is 0 Å². The zero-order chi connectivity index (χ0) is 22.7. The molecule has 4 atom stereocenters. The summed E-state index contributed by atoms with van der Waals surface area (Å²) in [5, 5.41) is 13.3. The van der Waals surface area contributed by atoms with E-state index in [-0.39, 0.29) is 17.7 Å². The summed E-state index contributed by atoms with van der Waals surface area (Å²) < 4.78 is 0. The summed E-state index contributed by atoms with van der Waals surface area (Å²) in [6.07, 6.45) is 3.95. The quantitative estimate of drug-likeness (QED) is 0.516. The Morgan fingerprint density at radius 1 is 0.719 bits per heavy atom. The monoisotopic (exact) mass is 425 g/mol. The Balaban J connectivity index is 1.77. The van der Waals surface area contributed by atoms with Crippen molar-refractivity contribution in [3.63, 3.8) is 0 Å². The maximum absolute atomic E-state index is 13.6. The number of amides is 1. The van der Waals surface area contributed by atoms with Crippen LogP contribution in [0.15, 0.2) is 91.0 Å². The Kier molecular flexibility index (Phi) is 6.22. The van der Waals surface area contributed by atoms with Gasteiger partial charge in [0.2, 0.25) is 5.91 Å². The predicted octanol–water partition coefficient (Wildman–Crippen LogP) is 5.70. The normalized spacial score (nSPS) is 22.3. The van der Waals surface area contributed by atoms with Crippen molar-refractivity contribution in [2.45, 2.75) is 25.7 Å². The van der Waals surface area contributed by atoms with Gasteiger partial charge in [0.25, 0.3) is 0 Å². The molecule has 0 spiro atoms. The fourth-order valence-corrected chi connectivity index (χ4v) is 4.59. The molecule has 4 unspecified atom stereocenters. The van der Waals surface area contributed by atoms with Crippen LogP contribution in [-0.4, -0.2) is 17.0 Å². The number of nitrogens with one attached hydrogen (secondary N) is 1. The van der Waals surface area contributed by atoms with Crippen molar-refractivity contribution in [3.8, 4) is 0 Å². The van der Waals surface area contributed by atoms with E-state index in [0.717, 1.165) is 22.3 Å². The minimum absolute atomic E-state index is 0.278. The van der Waals surface area contributed by atoms with E-state index in [9.17, 15) is 14.7 Å². The number of hydrogen-bond acceptors (Lipinski definition) is 2. The highest BCUT2D eigenvalue weighted by molar-refractivity contribution is 5.96. The van der Waals surface area contributed by atoms with Crippen LogP contribution in [0.5, 0.6) is 0 Å². The lowest BCUT2D eigenvalue weighted by atomic mass is 9.66. The van der Waals surface area contributed by atoms with E-state index in [1.165, 1.54) is 0 Å². The topological polar surface area (TPSA) is 66.4 Å². The number of rotatable bonds is 5. The molecule has 3 aromatic carbocycles. The van der Waals surface area contributed by atoms with Crippen molar-refractivity contribution in [3.05, 3.63) is 113 Å². The van der Waals surface area contributed by atoms with Crippen molar-refractivity contribution in [1.29, 1.82) is 0 Å². The molecule has 32 heavy (non-hydrogen) atoms. The molecule has 0 aromatic heterocycles. The lowest BCUT2D eigenvalue weighted by molar-refractivity contribution is -0.147. The molecule has 4 rings (SSSR count). The number of carbonyl (C=O) groups excluding carboxylic acids is 1. The van der Waals surface area contributed by atoms with Gasteiger partial charge in [0.05, 0.1) is 11.8 Å². The van der Waals surface area contributed by atoms with Gasteiger partial charge in [-0.1, -0.05) is 78.9 Å². The van der Waals surface area contributed by atoms with E-state index in [0.29, 0.717) is 5.69 Å². The smallest absolute Gasteiger partial charge is 0.308 e. The summed E-state index contributed by atoms with van der Waals surface area (Å²) in [5.41, 5.74) is 4.72. The Labute approximate surface area is 188 Å². The number of anilines is 1. The second kappa shape index (κ2) is 9.23. The van der Waals surface area contributed by atoms with Gasteiger partial charge in [-0.25, -0.2) is 0 Å². The zero-order valence-electron chi connectivity index (χ0n) is 18.2. The molecule has 4 heteroatoms. The van der Waals surface area contributed by atoms with Gasteiger partial charge in [-0.15, -0.1) is 0 Å². The summed E-state index contributed by atoms with van der Waals surface area (Å²) in [7, 11) is 0. The summed E-state index contributed by atoms with van der Waals surface area (Å²) in [6.45, 7) is 4.01.